The second kappa shape index (κ2) is 4.73. The highest BCUT2D eigenvalue weighted by Gasteiger charge is 2.22. The molecule has 1 N–H and O–H groups in total. The summed E-state index contributed by atoms with van der Waals surface area (Å²) in [6, 6.07) is 4.79. The number of hydrogen-bond acceptors (Lipinski definition) is 2. The summed E-state index contributed by atoms with van der Waals surface area (Å²) in [5.74, 6) is -0.278. The average molecular weight is 282 g/mol. The van der Waals surface area contributed by atoms with Crippen molar-refractivity contribution in [1.29, 1.82) is 0 Å². The van der Waals surface area contributed by atoms with E-state index in [0.717, 1.165) is 5.56 Å². The predicted molar refractivity (Wildman–Crippen MR) is 76.0 cm³/mol. The third-order valence-corrected chi connectivity index (χ3v) is 3.33. The maximum absolute atomic E-state index is 14.0. The van der Waals surface area contributed by atoms with E-state index in [0.29, 0.717) is 16.1 Å². The first-order valence-electron chi connectivity index (χ1n) is 6.22. The number of fused-ring (bicyclic) bond motifs is 1. The fraction of sp³-hybridized carbons (Fsp3) is 0.400. The number of pyridine rings is 1. The lowest BCUT2D eigenvalue weighted by Crippen LogP contribution is -2.18. The molecule has 0 saturated heterocycles. The third kappa shape index (κ3) is 2.72. The van der Waals surface area contributed by atoms with Gasteiger partial charge in [-0.25, -0.2) is 9.37 Å². The summed E-state index contributed by atoms with van der Waals surface area (Å²) in [6.45, 7) is 7.31. The van der Waals surface area contributed by atoms with Crippen molar-refractivity contribution in [3.8, 4) is 0 Å². The lowest BCUT2D eigenvalue weighted by atomic mass is 9.94. The zero-order valence-electron chi connectivity index (χ0n) is 11.5. The topological polar surface area (TPSA) is 33.1 Å². The Morgan fingerprint density at radius 1 is 1.26 bits per heavy atom. The lowest BCUT2D eigenvalue weighted by Gasteiger charge is -2.20. The summed E-state index contributed by atoms with van der Waals surface area (Å²) in [7, 11) is 0. The van der Waals surface area contributed by atoms with Gasteiger partial charge < -0.3 is 5.11 Å². The van der Waals surface area contributed by atoms with Crippen molar-refractivity contribution in [2.24, 2.45) is 0 Å². The molecular formula is C15H17ClFNO. The van der Waals surface area contributed by atoms with E-state index in [4.69, 9.17) is 11.6 Å². The van der Waals surface area contributed by atoms with Crippen LogP contribution in [0.5, 0.6) is 0 Å². The molecule has 2 rings (SSSR count). The highest BCUT2D eigenvalue weighted by atomic mass is 35.5. The number of nitrogens with zero attached hydrogens (tertiary/aromatic N) is 1. The van der Waals surface area contributed by atoms with Crippen LogP contribution in [0, 0.1) is 5.82 Å². The first-order valence-corrected chi connectivity index (χ1v) is 6.60. The molecule has 0 aliphatic rings. The molecule has 4 heteroatoms. The molecule has 0 atom stereocenters. The summed E-state index contributed by atoms with van der Waals surface area (Å²) in [4.78, 5) is 4.25. The molecule has 0 radical (unpaired) electrons. The van der Waals surface area contributed by atoms with Crippen molar-refractivity contribution in [2.45, 2.75) is 39.2 Å². The molecule has 102 valence electrons. The summed E-state index contributed by atoms with van der Waals surface area (Å²) < 4.78 is 14.0. The fourth-order valence-electron chi connectivity index (χ4n) is 2.07. The van der Waals surface area contributed by atoms with E-state index in [9.17, 15) is 9.50 Å². The van der Waals surface area contributed by atoms with Crippen molar-refractivity contribution in [1.82, 2.24) is 4.98 Å². The van der Waals surface area contributed by atoms with Crippen molar-refractivity contribution >= 4 is 22.5 Å². The van der Waals surface area contributed by atoms with E-state index in [1.165, 1.54) is 6.07 Å². The SMILES string of the molecule is CC(C)c1cc(C(C)(C)O)nc2c(F)cc(Cl)cc12. The van der Waals surface area contributed by atoms with Crippen LogP contribution in [0.3, 0.4) is 0 Å². The average Bonchev–Trinajstić information content (AvgIpc) is 2.25. The molecule has 1 aromatic heterocycles. The van der Waals surface area contributed by atoms with Crippen molar-refractivity contribution in [3.05, 3.63) is 40.3 Å². The molecule has 0 amide bonds. The molecule has 0 aliphatic heterocycles. The molecule has 0 unspecified atom stereocenters. The van der Waals surface area contributed by atoms with Gasteiger partial charge in [0.15, 0.2) is 5.82 Å². The Balaban J connectivity index is 2.88. The van der Waals surface area contributed by atoms with E-state index in [2.05, 4.69) is 4.98 Å². The molecule has 0 bridgehead atoms. The first-order chi connectivity index (χ1) is 8.70. The predicted octanol–water partition coefficient (Wildman–Crippen LogP) is 4.38. The Bertz CT molecular complexity index is 632. The van der Waals surface area contributed by atoms with Gasteiger partial charge in [0.1, 0.15) is 11.1 Å². The van der Waals surface area contributed by atoms with Gasteiger partial charge in [-0.15, -0.1) is 0 Å². The van der Waals surface area contributed by atoms with Gasteiger partial charge in [-0.2, -0.15) is 0 Å². The van der Waals surface area contributed by atoms with Crippen LogP contribution < -0.4 is 0 Å². The summed E-state index contributed by atoms with van der Waals surface area (Å²) in [5.41, 5.74) is 0.547. The van der Waals surface area contributed by atoms with Crippen LogP contribution in [0.1, 0.15) is 44.9 Å². The third-order valence-electron chi connectivity index (χ3n) is 3.11. The Hall–Kier alpha value is -1.19. The van der Waals surface area contributed by atoms with Gasteiger partial charge >= 0.3 is 0 Å². The fourth-order valence-corrected chi connectivity index (χ4v) is 2.27. The van der Waals surface area contributed by atoms with Gasteiger partial charge in [-0.05, 0) is 43.5 Å². The Morgan fingerprint density at radius 2 is 1.89 bits per heavy atom. The number of aliphatic hydroxyl groups is 1. The summed E-state index contributed by atoms with van der Waals surface area (Å²) in [6.07, 6.45) is 0. The molecule has 0 saturated carbocycles. The largest absolute Gasteiger partial charge is 0.384 e. The highest BCUT2D eigenvalue weighted by molar-refractivity contribution is 6.31. The molecule has 19 heavy (non-hydrogen) atoms. The van der Waals surface area contributed by atoms with Crippen LogP contribution in [0.2, 0.25) is 5.02 Å². The molecule has 2 aromatic rings. The van der Waals surface area contributed by atoms with Gasteiger partial charge in [-0.1, -0.05) is 25.4 Å². The number of aromatic nitrogens is 1. The van der Waals surface area contributed by atoms with Crippen LogP contribution in [0.25, 0.3) is 10.9 Å². The van der Waals surface area contributed by atoms with Crippen molar-refractivity contribution in [2.75, 3.05) is 0 Å². The Morgan fingerprint density at radius 3 is 2.42 bits per heavy atom. The van der Waals surface area contributed by atoms with E-state index < -0.39 is 11.4 Å². The molecule has 2 nitrogen and oxygen atoms in total. The Kier molecular flexibility index (Phi) is 3.54. The minimum atomic E-state index is -1.11. The van der Waals surface area contributed by atoms with Gasteiger partial charge in [0.05, 0.1) is 5.69 Å². The monoisotopic (exact) mass is 281 g/mol. The van der Waals surface area contributed by atoms with E-state index in [1.54, 1.807) is 19.9 Å². The van der Waals surface area contributed by atoms with Crippen LogP contribution in [-0.4, -0.2) is 10.1 Å². The van der Waals surface area contributed by atoms with E-state index >= 15 is 0 Å². The second-order valence-electron chi connectivity index (χ2n) is 5.59. The smallest absolute Gasteiger partial charge is 0.150 e. The van der Waals surface area contributed by atoms with Crippen LogP contribution in [0.15, 0.2) is 18.2 Å². The Labute approximate surface area is 117 Å². The normalized spacial score (nSPS) is 12.4. The molecule has 0 fully saturated rings. The lowest BCUT2D eigenvalue weighted by molar-refractivity contribution is 0.0741. The van der Waals surface area contributed by atoms with Crippen molar-refractivity contribution in [3.63, 3.8) is 0 Å². The van der Waals surface area contributed by atoms with Gasteiger partial charge in [0, 0.05) is 10.4 Å². The number of hydrogen-bond donors (Lipinski definition) is 1. The van der Waals surface area contributed by atoms with E-state index in [-0.39, 0.29) is 11.4 Å². The van der Waals surface area contributed by atoms with Gasteiger partial charge in [0.2, 0.25) is 0 Å². The minimum absolute atomic E-state index is 0.185. The quantitative estimate of drug-likeness (QED) is 0.886. The number of rotatable bonds is 2. The maximum atomic E-state index is 14.0. The van der Waals surface area contributed by atoms with Crippen molar-refractivity contribution < 1.29 is 9.50 Å². The van der Waals surface area contributed by atoms with Gasteiger partial charge in [-0.3, -0.25) is 0 Å². The molecule has 0 aliphatic carbocycles. The van der Waals surface area contributed by atoms with Crippen LogP contribution in [0.4, 0.5) is 4.39 Å². The van der Waals surface area contributed by atoms with E-state index in [1.807, 2.05) is 19.9 Å². The van der Waals surface area contributed by atoms with Crippen LogP contribution >= 0.6 is 11.6 Å². The molecule has 1 heterocycles. The zero-order chi connectivity index (χ0) is 14.4. The standard InChI is InChI=1S/C15H17ClFNO/c1-8(2)10-7-13(15(3,4)19)18-14-11(10)5-9(16)6-12(14)17/h5-8,19H,1-4H3. The zero-order valence-corrected chi connectivity index (χ0v) is 12.2. The summed E-state index contributed by atoms with van der Waals surface area (Å²) >= 11 is 5.91. The first kappa shape index (κ1) is 14.2. The van der Waals surface area contributed by atoms with Gasteiger partial charge in [0.25, 0.3) is 0 Å². The molecular weight excluding hydrogens is 265 g/mol. The minimum Gasteiger partial charge on any atom is -0.384 e. The number of benzene rings is 1. The van der Waals surface area contributed by atoms with Crippen LogP contribution in [-0.2, 0) is 5.60 Å². The maximum Gasteiger partial charge on any atom is 0.150 e. The number of halogens is 2. The highest BCUT2D eigenvalue weighted by Crippen LogP contribution is 2.32. The second-order valence-corrected chi connectivity index (χ2v) is 6.03. The summed E-state index contributed by atoms with van der Waals surface area (Å²) in [5, 5.41) is 11.1. The molecule has 0 spiro atoms. The molecule has 1 aromatic carbocycles.